The molecule has 1 fully saturated rings. The highest BCUT2D eigenvalue weighted by Crippen LogP contribution is 2.17. The Morgan fingerprint density at radius 2 is 2.12 bits per heavy atom. The van der Waals surface area contributed by atoms with Crippen LogP contribution in [0.25, 0.3) is 0 Å². The van der Waals surface area contributed by atoms with E-state index in [0.29, 0.717) is 6.42 Å². The van der Waals surface area contributed by atoms with Gasteiger partial charge in [0, 0.05) is 6.54 Å². The summed E-state index contributed by atoms with van der Waals surface area (Å²) in [5.41, 5.74) is 0.988. The normalized spacial score (nSPS) is 20.7. The maximum Gasteiger partial charge on any atom is 0.328 e. The number of hydrogen-bond acceptors (Lipinski definition) is 3. The molecule has 1 aliphatic heterocycles. The third kappa shape index (κ3) is 3.06. The fourth-order valence-electron chi connectivity index (χ4n) is 1.99. The molecule has 0 radical (unpaired) electrons. The van der Waals surface area contributed by atoms with Gasteiger partial charge in [0.25, 0.3) is 0 Å². The lowest BCUT2D eigenvalue weighted by molar-refractivity contribution is -0.144. The first-order chi connectivity index (χ1) is 8.27. The fourth-order valence-corrected chi connectivity index (χ4v) is 1.99. The van der Waals surface area contributed by atoms with Crippen molar-refractivity contribution in [2.45, 2.75) is 25.3 Å². The van der Waals surface area contributed by atoms with Gasteiger partial charge in [-0.15, -0.1) is 0 Å². The summed E-state index contributed by atoms with van der Waals surface area (Å²) in [5, 5.41) is 15.1. The third-order valence-electron chi connectivity index (χ3n) is 2.91. The Hall–Kier alpha value is -1.84. The minimum atomic E-state index is -0.782. The zero-order valence-electron chi connectivity index (χ0n) is 9.62. The smallest absolute Gasteiger partial charge is 0.328 e. The van der Waals surface area contributed by atoms with Crippen LogP contribution in [0.15, 0.2) is 35.4 Å². The van der Waals surface area contributed by atoms with Crippen LogP contribution in [0.2, 0.25) is 0 Å². The lowest BCUT2D eigenvalue weighted by atomic mass is 10.0. The second kappa shape index (κ2) is 5.48. The van der Waals surface area contributed by atoms with Crippen molar-refractivity contribution in [2.75, 3.05) is 6.54 Å². The molecule has 1 aromatic rings. The summed E-state index contributed by atoms with van der Waals surface area (Å²) in [6, 6.07) is 9.24. The van der Waals surface area contributed by atoms with Gasteiger partial charge < -0.3 is 5.11 Å². The standard InChI is InChI=1S/C13H16N2O2/c16-13(17)12-8-4-5-9-15(12)14-10-11-6-2-1-3-7-11/h1-3,6-7,10,12H,4-5,8-9H2,(H,16,17). The van der Waals surface area contributed by atoms with Crippen molar-refractivity contribution in [3.8, 4) is 0 Å². The number of rotatable bonds is 3. The number of carboxylic acid groups (broad SMARTS) is 1. The molecule has 17 heavy (non-hydrogen) atoms. The number of hydrazone groups is 1. The predicted octanol–water partition coefficient (Wildman–Crippen LogP) is 1.96. The highest BCUT2D eigenvalue weighted by Gasteiger charge is 2.26. The van der Waals surface area contributed by atoms with E-state index in [9.17, 15) is 4.79 Å². The first-order valence-corrected chi connectivity index (χ1v) is 5.86. The van der Waals surface area contributed by atoms with E-state index in [0.717, 1.165) is 24.9 Å². The molecule has 4 nitrogen and oxygen atoms in total. The number of benzene rings is 1. The molecule has 1 aromatic carbocycles. The lowest BCUT2D eigenvalue weighted by Crippen LogP contribution is -2.41. The van der Waals surface area contributed by atoms with E-state index >= 15 is 0 Å². The van der Waals surface area contributed by atoms with E-state index in [1.807, 2.05) is 30.3 Å². The molecular formula is C13H16N2O2. The van der Waals surface area contributed by atoms with Gasteiger partial charge in [-0.05, 0) is 24.8 Å². The Balaban J connectivity index is 2.06. The Kier molecular flexibility index (Phi) is 3.75. The Labute approximate surface area is 101 Å². The third-order valence-corrected chi connectivity index (χ3v) is 2.91. The quantitative estimate of drug-likeness (QED) is 0.810. The minimum absolute atomic E-state index is 0.469. The number of piperidine rings is 1. The number of aliphatic carboxylic acids is 1. The molecule has 0 aromatic heterocycles. The monoisotopic (exact) mass is 232 g/mol. The van der Waals surface area contributed by atoms with Gasteiger partial charge in [0.05, 0.1) is 6.21 Å². The Morgan fingerprint density at radius 3 is 2.82 bits per heavy atom. The second-order valence-corrected chi connectivity index (χ2v) is 4.17. The van der Waals surface area contributed by atoms with Crippen LogP contribution in [0.4, 0.5) is 0 Å². The van der Waals surface area contributed by atoms with Crippen LogP contribution in [0, 0.1) is 0 Å². The number of nitrogens with zero attached hydrogens (tertiary/aromatic N) is 2. The molecule has 1 unspecified atom stereocenters. The Morgan fingerprint density at radius 1 is 1.35 bits per heavy atom. The molecule has 1 heterocycles. The van der Waals surface area contributed by atoms with Crippen LogP contribution in [0.3, 0.4) is 0 Å². The first-order valence-electron chi connectivity index (χ1n) is 5.86. The molecule has 1 atom stereocenters. The van der Waals surface area contributed by atoms with Gasteiger partial charge >= 0.3 is 5.97 Å². The SMILES string of the molecule is O=C(O)C1CCCCN1N=Cc1ccccc1. The predicted molar refractivity (Wildman–Crippen MR) is 66.0 cm³/mol. The zero-order chi connectivity index (χ0) is 12.1. The zero-order valence-corrected chi connectivity index (χ0v) is 9.62. The van der Waals surface area contributed by atoms with Crippen LogP contribution < -0.4 is 0 Å². The molecule has 0 bridgehead atoms. The number of hydrogen-bond donors (Lipinski definition) is 1. The molecule has 2 rings (SSSR count). The van der Waals surface area contributed by atoms with Gasteiger partial charge in [-0.1, -0.05) is 30.3 Å². The van der Waals surface area contributed by atoms with Crippen LogP contribution in [-0.2, 0) is 4.79 Å². The highest BCUT2D eigenvalue weighted by atomic mass is 16.4. The van der Waals surface area contributed by atoms with Crippen LogP contribution in [0.1, 0.15) is 24.8 Å². The maximum absolute atomic E-state index is 11.1. The largest absolute Gasteiger partial charge is 0.480 e. The molecule has 0 aliphatic carbocycles. The number of carboxylic acids is 1. The van der Waals surface area contributed by atoms with Gasteiger partial charge in [-0.3, -0.25) is 5.01 Å². The van der Waals surface area contributed by atoms with Gasteiger partial charge in [-0.2, -0.15) is 5.10 Å². The summed E-state index contributed by atoms with van der Waals surface area (Å²) in [4.78, 5) is 11.1. The van der Waals surface area contributed by atoms with E-state index in [1.54, 1.807) is 11.2 Å². The van der Waals surface area contributed by atoms with Crippen molar-refractivity contribution in [3.05, 3.63) is 35.9 Å². The summed E-state index contributed by atoms with van der Waals surface area (Å²) in [7, 11) is 0. The maximum atomic E-state index is 11.1. The average Bonchev–Trinajstić information content (AvgIpc) is 2.38. The molecule has 0 amide bonds. The molecule has 1 saturated heterocycles. The van der Waals surface area contributed by atoms with Crippen LogP contribution in [-0.4, -0.2) is 34.9 Å². The van der Waals surface area contributed by atoms with E-state index in [2.05, 4.69) is 5.10 Å². The summed E-state index contributed by atoms with van der Waals surface area (Å²) >= 11 is 0. The topological polar surface area (TPSA) is 52.9 Å². The molecule has 1 aliphatic rings. The molecule has 90 valence electrons. The van der Waals surface area contributed by atoms with Crippen molar-refractivity contribution in [2.24, 2.45) is 5.10 Å². The second-order valence-electron chi connectivity index (χ2n) is 4.17. The Bertz CT molecular complexity index is 403. The average molecular weight is 232 g/mol. The minimum Gasteiger partial charge on any atom is -0.480 e. The number of carbonyl (C=O) groups is 1. The van der Waals surface area contributed by atoms with E-state index in [4.69, 9.17) is 5.11 Å². The van der Waals surface area contributed by atoms with E-state index in [1.165, 1.54) is 0 Å². The van der Waals surface area contributed by atoms with Crippen LogP contribution in [0.5, 0.6) is 0 Å². The van der Waals surface area contributed by atoms with Gasteiger partial charge in [0.15, 0.2) is 0 Å². The van der Waals surface area contributed by atoms with Crippen molar-refractivity contribution in [1.29, 1.82) is 0 Å². The van der Waals surface area contributed by atoms with Crippen molar-refractivity contribution < 1.29 is 9.90 Å². The summed E-state index contributed by atoms with van der Waals surface area (Å²) < 4.78 is 0. The highest BCUT2D eigenvalue weighted by molar-refractivity contribution is 5.79. The summed E-state index contributed by atoms with van der Waals surface area (Å²) in [6.07, 6.45) is 4.38. The van der Waals surface area contributed by atoms with E-state index in [-0.39, 0.29) is 0 Å². The fraction of sp³-hybridized carbons (Fsp3) is 0.385. The van der Waals surface area contributed by atoms with Gasteiger partial charge in [-0.25, -0.2) is 4.79 Å². The van der Waals surface area contributed by atoms with Crippen molar-refractivity contribution in [1.82, 2.24) is 5.01 Å². The lowest BCUT2D eigenvalue weighted by Gasteiger charge is -2.30. The molecule has 1 N–H and O–H groups in total. The molecule has 4 heteroatoms. The summed E-state index contributed by atoms with van der Waals surface area (Å²) in [5.74, 6) is -0.782. The first kappa shape index (κ1) is 11.6. The van der Waals surface area contributed by atoms with E-state index < -0.39 is 12.0 Å². The molecular weight excluding hydrogens is 216 g/mol. The van der Waals surface area contributed by atoms with Gasteiger partial charge in [0.1, 0.15) is 6.04 Å². The van der Waals surface area contributed by atoms with Gasteiger partial charge in [0.2, 0.25) is 0 Å². The molecule has 0 saturated carbocycles. The van der Waals surface area contributed by atoms with Crippen molar-refractivity contribution in [3.63, 3.8) is 0 Å². The molecule has 0 spiro atoms. The van der Waals surface area contributed by atoms with Crippen LogP contribution >= 0.6 is 0 Å². The van der Waals surface area contributed by atoms with Crippen molar-refractivity contribution >= 4 is 12.2 Å². The summed E-state index contributed by atoms with van der Waals surface area (Å²) in [6.45, 7) is 0.723.